The molecule has 0 saturated carbocycles. The van der Waals surface area contributed by atoms with Crippen molar-refractivity contribution in [2.45, 2.75) is 52.7 Å². The standard InChI is InChI=1S/C16H30N2O6/c1-11(2)15(20)18-13(16(21)22)5-6-14(19)17-7-8-23-9-10-24-12(3)4/h11-13H,5-10H2,1-4H3,(H,17,19)(H,18,20)(H,21,22). The minimum absolute atomic E-state index is 0.0196. The number of nitrogens with one attached hydrogen (secondary N) is 2. The second-order valence-corrected chi connectivity index (χ2v) is 5.97. The molecule has 0 bridgehead atoms. The topological polar surface area (TPSA) is 114 Å². The Hall–Kier alpha value is -1.67. The first-order valence-corrected chi connectivity index (χ1v) is 8.23. The number of carboxylic acids is 1. The summed E-state index contributed by atoms with van der Waals surface area (Å²) in [6.45, 7) is 8.89. The van der Waals surface area contributed by atoms with Crippen molar-refractivity contribution in [1.29, 1.82) is 0 Å². The number of rotatable bonds is 13. The summed E-state index contributed by atoms with van der Waals surface area (Å²) in [5.74, 6) is -2.08. The van der Waals surface area contributed by atoms with Crippen molar-refractivity contribution in [3.05, 3.63) is 0 Å². The van der Waals surface area contributed by atoms with Crippen molar-refractivity contribution in [3.8, 4) is 0 Å². The van der Waals surface area contributed by atoms with Gasteiger partial charge in [0.05, 0.1) is 25.9 Å². The molecule has 8 heteroatoms. The smallest absolute Gasteiger partial charge is 0.326 e. The number of carboxylic acid groups (broad SMARTS) is 1. The molecule has 0 rings (SSSR count). The Labute approximate surface area is 143 Å². The molecule has 0 radical (unpaired) electrons. The van der Waals surface area contributed by atoms with Crippen LogP contribution in [0.2, 0.25) is 0 Å². The molecule has 0 saturated heterocycles. The molecule has 0 aliphatic carbocycles. The van der Waals surface area contributed by atoms with Gasteiger partial charge in [-0.05, 0) is 20.3 Å². The lowest BCUT2D eigenvalue weighted by atomic mass is 10.1. The molecule has 0 aromatic heterocycles. The van der Waals surface area contributed by atoms with E-state index in [2.05, 4.69) is 10.6 Å². The normalized spacial score (nSPS) is 12.2. The molecule has 0 heterocycles. The average molecular weight is 346 g/mol. The van der Waals surface area contributed by atoms with Crippen molar-refractivity contribution in [3.63, 3.8) is 0 Å². The second-order valence-electron chi connectivity index (χ2n) is 5.97. The van der Waals surface area contributed by atoms with Crippen LogP contribution in [0.1, 0.15) is 40.5 Å². The molecule has 24 heavy (non-hydrogen) atoms. The first-order chi connectivity index (χ1) is 11.2. The molecule has 0 fully saturated rings. The van der Waals surface area contributed by atoms with Crippen LogP contribution in [0.15, 0.2) is 0 Å². The van der Waals surface area contributed by atoms with Gasteiger partial charge in [-0.3, -0.25) is 9.59 Å². The molecule has 0 aromatic rings. The van der Waals surface area contributed by atoms with Gasteiger partial charge in [0.15, 0.2) is 0 Å². The summed E-state index contributed by atoms with van der Waals surface area (Å²) in [7, 11) is 0. The largest absolute Gasteiger partial charge is 0.480 e. The highest BCUT2D eigenvalue weighted by atomic mass is 16.5. The summed E-state index contributed by atoms with van der Waals surface area (Å²) < 4.78 is 10.6. The number of amides is 2. The second kappa shape index (κ2) is 12.7. The first-order valence-electron chi connectivity index (χ1n) is 8.23. The average Bonchev–Trinajstić information content (AvgIpc) is 2.49. The van der Waals surface area contributed by atoms with Crippen molar-refractivity contribution < 1.29 is 29.0 Å². The lowest BCUT2D eigenvalue weighted by Crippen LogP contribution is -2.43. The van der Waals surface area contributed by atoms with Gasteiger partial charge in [0.1, 0.15) is 6.04 Å². The molecule has 0 aliphatic rings. The van der Waals surface area contributed by atoms with Gasteiger partial charge in [-0.15, -0.1) is 0 Å². The van der Waals surface area contributed by atoms with Crippen molar-refractivity contribution in [2.24, 2.45) is 5.92 Å². The zero-order valence-corrected chi connectivity index (χ0v) is 15.0. The van der Waals surface area contributed by atoms with E-state index in [1.165, 1.54) is 0 Å². The van der Waals surface area contributed by atoms with Gasteiger partial charge in [0, 0.05) is 18.9 Å². The van der Waals surface area contributed by atoms with Gasteiger partial charge in [-0.1, -0.05) is 13.8 Å². The van der Waals surface area contributed by atoms with Crippen LogP contribution in [0.3, 0.4) is 0 Å². The van der Waals surface area contributed by atoms with Crippen molar-refractivity contribution in [2.75, 3.05) is 26.4 Å². The molecule has 2 amide bonds. The molecular formula is C16H30N2O6. The number of carbonyl (C=O) groups excluding carboxylic acids is 2. The van der Waals surface area contributed by atoms with Gasteiger partial charge in [0.2, 0.25) is 11.8 Å². The molecule has 8 nitrogen and oxygen atoms in total. The maximum Gasteiger partial charge on any atom is 0.326 e. The number of aliphatic carboxylic acids is 1. The summed E-state index contributed by atoms with van der Waals surface area (Å²) in [4.78, 5) is 34.3. The summed E-state index contributed by atoms with van der Waals surface area (Å²) in [5, 5.41) is 14.1. The lowest BCUT2D eigenvalue weighted by Gasteiger charge is -2.16. The number of hydrogen-bond donors (Lipinski definition) is 3. The van der Waals surface area contributed by atoms with Crippen LogP contribution in [0.25, 0.3) is 0 Å². The van der Waals surface area contributed by atoms with E-state index in [1.54, 1.807) is 13.8 Å². The Kier molecular flexibility index (Phi) is 11.8. The van der Waals surface area contributed by atoms with E-state index in [4.69, 9.17) is 14.6 Å². The van der Waals surface area contributed by atoms with E-state index in [-0.39, 0.29) is 36.7 Å². The lowest BCUT2D eigenvalue weighted by molar-refractivity contribution is -0.142. The van der Waals surface area contributed by atoms with Crippen LogP contribution in [-0.4, -0.2) is 61.4 Å². The summed E-state index contributed by atoms with van der Waals surface area (Å²) in [5.41, 5.74) is 0. The fourth-order valence-corrected chi connectivity index (χ4v) is 1.67. The fourth-order valence-electron chi connectivity index (χ4n) is 1.67. The first kappa shape index (κ1) is 22.3. The monoisotopic (exact) mass is 346 g/mol. The van der Waals surface area contributed by atoms with E-state index in [0.717, 1.165) is 0 Å². The Balaban J connectivity index is 3.85. The molecule has 3 N–H and O–H groups in total. The minimum atomic E-state index is -1.15. The SMILES string of the molecule is CC(C)OCCOCCNC(=O)CCC(NC(=O)C(C)C)C(=O)O. The zero-order valence-electron chi connectivity index (χ0n) is 15.0. The van der Waals surface area contributed by atoms with Gasteiger partial charge < -0.3 is 25.2 Å². The van der Waals surface area contributed by atoms with Gasteiger partial charge >= 0.3 is 5.97 Å². The summed E-state index contributed by atoms with van der Waals surface area (Å²) in [6.07, 6.45) is 0.223. The van der Waals surface area contributed by atoms with Crippen LogP contribution < -0.4 is 10.6 Å². The summed E-state index contributed by atoms with van der Waals surface area (Å²) >= 11 is 0. The Bertz CT molecular complexity index is 398. The van der Waals surface area contributed by atoms with Crippen LogP contribution in [0.5, 0.6) is 0 Å². The van der Waals surface area contributed by atoms with Crippen molar-refractivity contribution >= 4 is 17.8 Å². The molecule has 0 aliphatic heterocycles. The highest BCUT2D eigenvalue weighted by molar-refractivity contribution is 5.85. The Morgan fingerprint density at radius 2 is 1.71 bits per heavy atom. The maximum atomic E-state index is 11.7. The molecule has 1 atom stereocenters. The van der Waals surface area contributed by atoms with E-state index < -0.39 is 12.0 Å². The fraction of sp³-hybridized carbons (Fsp3) is 0.812. The maximum absolute atomic E-state index is 11.7. The predicted octanol–water partition coefficient (Wildman–Crippen LogP) is 0.550. The van der Waals surface area contributed by atoms with E-state index >= 15 is 0 Å². The van der Waals surface area contributed by atoms with Crippen LogP contribution in [0.4, 0.5) is 0 Å². The molecule has 140 valence electrons. The third-order valence-corrected chi connectivity index (χ3v) is 3.05. The predicted molar refractivity (Wildman–Crippen MR) is 88.6 cm³/mol. The van der Waals surface area contributed by atoms with E-state index in [9.17, 15) is 14.4 Å². The van der Waals surface area contributed by atoms with E-state index in [0.29, 0.717) is 26.4 Å². The number of ether oxygens (including phenoxy) is 2. The third kappa shape index (κ3) is 11.8. The van der Waals surface area contributed by atoms with Crippen LogP contribution >= 0.6 is 0 Å². The van der Waals surface area contributed by atoms with Crippen molar-refractivity contribution in [1.82, 2.24) is 10.6 Å². The molecule has 0 spiro atoms. The molecule has 1 unspecified atom stereocenters. The Morgan fingerprint density at radius 1 is 1.04 bits per heavy atom. The molecular weight excluding hydrogens is 316 g/mol. The number of hydrogen-bond acceptors (Lipinski definition) is 5. The minimum Gasteiger partial charge on any atom is -0.480 e. The third-order valence-electron chi connectivity index (χ3n) is 3.05. The van der Waals surface area contributed by atoms with Gasteiger partial charge in [0.25, 0.3) is 0 Å². The van der Waals surface area contributed by atoms with Crippen LogP contribution in [-0.2, 0) is 23.9 Å². The highest BCUT2D eigenvalue weighted by Crippen LogP contribution is 2.01. The number of carbonyl (C=O) groups is 3. The highest BCUT2D eigenvalue weighted by Gasteiger charge is 2.22. The van der Waals surface area contributed by atoms with Gasteiger partial charge in [-0.2, -0.15) is 0 Å². The summed E-state index contributed by atoms with van der Waals surface area (Å²) in [6, 6.07) is -1.06. The quantitative estimate of drug-likeness (QED) is 0.420. The zero-order chi connectivity index (χ0) is 18.5. The van der Waals surface area contributed by atoms with Gasteiger partial charge in [-0.25, -0.2) is 4.79 Å². The molecule has 0 aromatic carbocycles. The van der Waals surface area contributed by atoms with E-state index in [1.807, 2.05) is 13.8 Å². The Morgan fingerprint density at radius 3 is 2.25 bits per heavy atom. The van der Waals surface area contributed by atoms with Crippen LogP contribution in [0, 0.1) is 5.92 Å².